The van der Waals surface area contributed by atoms with E-state index in [9.17, 15) is 0 Å². The summed E-state index contributed by atoms with van der Waals surface area (Å²) in [6.07, 6.45) is 1.78. The molecule has 1 atom stereocenters. The van der Waals surface area contributed by atoms with E-state index in [2.05, 4.69) is 10.3 Å². The molecule has 0 fully saturated rings. The molecule has 1 rings (SSSR count). The van der Waals surface area contributed by atoms with Gasteiger partial charge in [-0.25, -0.2) is 0 Å². The molecule has 1 unspecified atom stereocenters. The molecular weight excluding hydrogens is 206 g/mol. The van der Waals surface area contributed by atoms with Gasteiger partial charge in [0.2, 0.25) is 0 Å². The van der Waals surface area contributed by atoms with E-state index in [-0.39, 0.29) is 6.10 Å². The maximum Gasteiger partial charge on any atom is 0.0976 e. The number of nitrogens with two attached hydrogens (primary N) is 1. The summed E-state index contributed by atoms with van der Waals surface area (Å²) < 4.78 is 10.3. The maximum absolute atomic E-state index is 5.51. The lowest BCUT2D eigenvalue weighted by Crippen LogP contribution is -2.26. The zero-order valence-corrected chi connectivity index (χ0v) is 9.77. The molecule has 0 saturated heterocycles. The molecular formula is C11H19N3O2. The van der Waals surface area contributed by atoms with Crippen molar-refractivity contribution in [2.75, 3.05) is 32.7 Å². The van der Waals surface area contributed by atoms with Crippen LogP contribution in [0.5, 0.6) is 0 Å². The summed E-state index contributed by atoms with van der Waals surface area (Å²) in [7, 11) is 3.33. The third-order valence-corrected chi connectivity index (χ3v) is 2.25. The highest BCUT2D eigenvalue weighted by Gasteiger charge is 2.06. The lowest BCUT2D eigenvalue weighted by molar-refractivity contribution is 0.0365. The lowest BCUT2D eigenvalue weighted by Gasteiger charge is -2.15. The summed E-state index contributed by atoms with van der Waals surface area (Å²) in [5, 5.41) is 3.25. The Labute approximate surface area is 96.0 Å². The Hall–Kier alpha value is -1.17. The van der Waals surface area contributed by atoms with Crippen LogP contribution in [0.3, 0.4) is 0 Å². The van der Waals surface area contributed by atoms with Crippen molar-refractivity contribution in [3.05, 3.63) is 24.0 Å². The van der Waals surface area contributed by atoms with Gasteiger partial charge in [-0.2, -0.15) is 0 Å². The number of ether oxygens (including phenoxy) is 2. The SMILES string of the molecule is COCC(CNc1ccnc(CN)c1)OC. The zero-order chi connectivity index (χ0) is 11.8. The normalized spacial score (nSPS) is 12.4. The molecule has 5 nitrogen and oxygen atoms in total. The van der Waals surface area contributed by atoms with Gasteiger partial charge in [-0.15, -0.1) is 0 Å². The van der Waals surface area contributed by atoms with E-state index in [1.807, 2.05) is 12.1 Å². The van der Waals surface area contributed by atoms with E-state index in [0.717, 1.165) is 11.4 Å². The number of nitrogens with one attached hydrogen (secondary N) is 1. The van der Waals surface area contributed by atoms with Crippen LogP contribution in [-0.4, -0.2) is 38.5 Å². The number of hydrogen-bond acceptors (Lipinski definition) is 5. The molecule has 0 saturated carbocycles. The summed E-state index contributed by atoms with van der Waals surface area (Å²) in [5.74, 6) is 0. The summed E-state index contributed by atoms with van der Waals surface area (Å²) in [5.41, 5.74) is 7.37. The predicted octanol–water partition coefficient (Wildman–Crippen LogP) is 0.614. The molecule has 0 spiro atoms. The Morgan fingerprint density at radius 1 is 1.50 bits per heavy atom. The molecule has 0 bridgehead atoms. The van der Waals surface area contributed by atoms with Gasteiger partial charge < -0.3 is 20.5 Å². The van der Waals surface area contributed by atoms with Crippen LogP contribution in [0.4, 0.5) is 5.69 Å². The fourth-order valence-corrected chi connectivity index (χ4v) is 1.33. The first-order valence-electron chi connectivity index (χ1n) is 5.20. The molecule has 90 valence electrons. The van der Waals surface area contributed by atoms with Crippen LogP contribution in [0.25, 0.3) is 0 Å². The van der Waals surface area contributed by atoms with Crippen LogP contribution < -0.4 is 11.1 Å². The van der Waals surface area contributed by atoms with E-state index < -0.39 is 0 Å². The summed E-state index contributed by atoms with van der Waals surface area (Å²) in [6, 6.07) is 3.83. The van der Waals surface area contributed by atoms with Gasteiger partial charge in [0.15, 0.2) is 0 Å². The fraction of sp³-hybridized carbons (Fsp3) is 0.545. The minimum absolute atomic E-state index is 0.0412. The number of aromatic nitrogens is 1. The summed E-state index contributed by atoms with van der Waals surface area (Å²) in [6.45, 7) is 1.71. The Kier molecular flexibility index (Phi) is 5.77. The van der Waals surface area contributed by atoms with Crippen LogP contribution in [0.1, 0.15) is 5.69 Å². The Balaban J connectivity index is 2.46. The second-order valence-electron chi connectivity index (χ2n) is 3.43. The minimum atomic E-state index is 0.0412. The molecule has 1 heterocycles. The molecule has 1 aromatic heterocycles. The molecule has 0 aliphatic heterocycles. The summed E-state index contributed by atoms with van der Waals surface area (Å²) in [4.78, 5) is 4.12. The third kappa shape index (κ3) is 4.14. The number of nitrogens with zero attached hydrogens (tertiary/aromatic N) is 1. The van der Waals surface area contributed by atoms with E-state index in [0.29, 0.717) is 19.7 Å². The van der Waals surface area contributed by atoms with E-state index in [1.54, 1.807) is 20.4 Å². The third-order valence-electron chi connectivity index (χ3n) is 2.25. The Morgan fingerprint density at radius 2 is 2.31 bits per heavy atom. The van der Waals surface area contributed by atoms with Gasteiger partial charge in [0.25, 0.3) is 0 Å². The molecule has 3 N–H and O–H groups in total. The van der Waals surface area contributed by atoms with Gasteiger partial charge in [0.1, 0.15) is 0 Å². The first kappa shape index (κ1) is 12.9. The van der Waals surface area contributed by atoms with Gasteiger partial charge in [-0.05, 0) is 12.1 Å². The van der Waals surface area contributed by atoms with Gasteiger partial charge >= 0.3 is 0 Å². The maximum atomic E-state index is 5.51. The Bertz CT molecular complexity index is 307. The van der Waals surface area contributed by atoms with Crippen LogP contribution in [0, 0.1) is 0 Å². The van der Waals surface area contributed by atoms with Crippen molar-refractivity contribution < 1.29 is 9.47 Å². The van der Waals surface area contributed by atoms with Crippen molar-refractivity contribution in [2.24, 2.45) is 5.73 Å². The first-order chi connectivity index (χ1) is 7.80. The standard InChI is InChI=1S/C11H19N3O2/c1-15-8-11(16-2)7-14-9-3-4-13-10(5-9)6-12/h3-5,11H,6-8,12H2,1-2H3,(H,13,14). The van der Waals surface area contributed by atoms with Crippen molar-refractivity contribution in [3.63, 3.8) is 0 Å². The molecule has 16 heavy (non-hydrogen) atoms. The van der Waals surface area contributed by atoms with Crippen LogP contribution in [0.2, 0.25) is 0 Å². The molecule has 0 aliphatic carbocycles. The van der Waals surface area contributed by atoms with E-state index in [1.165, 1.54) is 0 Å². The monoisotopic (exact) mass is 225 g/mol. The van der Waals surface area contributed by atoms with Gasteiger partial charge in [0.05, 0.1) is 18.4 Å². The largest absolute Gasteiger partial charge is 0.382 e. The number of hydrogen-bond donors (Lipinski definition) is 2. The average molecular weight is 225 g/mol. The smallest absolute Gasteiger partial charge is 0.0976 e. The van der Waals surface area contributed by atoms with Crippen LogP contribution >= 0.6 is 0 Å². The lowest BCUT2D eigenvalue weighted by atomic mass is 10.3. The molecule has 0 amide bonds. The highest BCUT2D eigenvalue weighted by Crippen LogP contribution is 2.07. The molecule has 1 aromatic rings. The molecule has 0 aromatic carbocycles. The van der Waals surface area contributed by atoms with Crippen molar-refractivity contribution in [3.8, 4) is 0 Å². The van der Waals surface area contributed by atoms with E-state index >= 15 is 0 Å². The number of pyridine rings is 1. The van der Waals surface area contributed by atoms with Crippen molar-refractivity contribution in [2.45, 2.75) is 12.6 Å². The topological polar surface area (TPSA) is 69.4 Å². The van der Waals surface area contributed by atoms with Crippen LogP contribution in [0.15, 0.2) is 18.3 Å². The van der Waals surface area contributed by atoms with Crippen molar-refractivity contribution >= 4 is 5.69 Å². The summed E-state index contributed by atoms with van der Waals surface area (Å²) >= 11 is 0. The van der Waals surface area contributed by atoms with Crippen molar-refractivity contribution in [1.29, 1.82) is 0 Å². The average Bonchev–Trinajstić information content (AvgIpc) is 2.34. The van der Waals surface area contributed by atoms with Gasteiger partial charge in [-0.1, -0.05) is 0 Å². The zero-order valence-electron chi connectivity index (χ0n) is 9.77. The first-order valence-corrected chi connectivity index (χ1v) is 5.20. The second kappa shape index (κ2) is 7.16. The quantitative estimate of drug-likeness (QED) is 0.711. The van der Waals surface area contributed by atoms with Crippen LogP contribution in [-0.2, 0) is 16.0 Å². The predicted molar refractivity (Wildman–Crippen MR) is 63.3 cm³/mol. The second-order valence-corrected chi connectivity index (χ2v) is 3.43. The van der Waals surface area contributed by atoms with Gasteiger partial charge in [-0.3, -0.25) is 4.98 Å². The minimum Gasteiger partial charge on any atom is -0.382 e. The van der Waals surface area contributed by atoms with Crippen molar-refractivity contribution in [1.82, 2.24) is 4.98 Å². The van der Waals surface area contributed by atoms with Gasteiger partial charge in [0, 0.05) is 39.2 Å². The number of rotatable bonds is 7. The molecule has 0 radical (unpaired) electrons. The fourth-order valence-electron chi connectivity index (χ4n) is 1.33. The number of anilines is 1. The molecule has 5 heteroatoms. The Morgan fingerprint density at radius 3 is 2.94 bits per heavy atom. The number of methoxy groups -OCH3 is 2. The highest BCUT2D eigenvalue weighted by molar-refractivity contribution is 5.43. The highest BCUT2D eigenvalue weighted by atomic mass is 16.5. The molecule has 0 aliphatic rings. The van der Waals surface area contributed by atoms with E-state index in [4.69, 9.17) is 15.2 Å².